The fraction of sp³-hybridized carbons (Fsp3) is 0.186. The van der Waals surface area contributed by atoms with E-state index in [9.17, 15) is 4.79 Å². The predicted molar refractivity (Wildman–Crippen MR) is 199 cm³/mol. The molecule has 0 saturated heterocycles. The zero-order chi connectivity index (χ0) is 33.6. The molecule has 48 heavy (non-hydrogen) atoms. The van der Waals surface area contributed by atoms with Crippen molar-refractivity contribution in [1.82, 2.24) is 0 Å². The largest absolute Gasteiger partial charge is 0.421 e. The van der Waals surface area contributed by atoms with Crippen LogP contribution in [-0.4, -0.2) is 26.8 Å². The summed E-state index contributed by atoms with van der Waals surface area (Å²) in [4.78, 5) is 15.6. The van der Waals surface area contributed by atoms with Crippen LogP contribution in [0.5, 0.6) is 5.75 Å². The Morgan fingerprint density at radius 1 is 0.729 bits per heavy atom. The molecule has 0 bridgehead atoms. The highest BCUT2D eigenvalue weighted by atomic mass is 28.3. The Balaban J connectivity index is 1.41. The van der Waals surface area contributed by atoms with Crippen molar-refractivity contribution in [2.24, 2.45) is 5.92 Å². The summed E-state index contributed by atoms with van der Waals surface area (Å²) in [5.41, 5.74) is 8.68. The van der Waals surface area contributed by atoms with Gasteiger partial charge >= 0.3 is 6.09 Å². The summed E-state index contributed by atoms with van der Waals surface area (Å²) in [7, 11) is -1.77. The number of nitrogens with zero attached hydrogens (tertiary/aromatic N) is 1. The average molecular weight is 648 g/mol. The number of fused-ring (bicyclic) bond motifs is 1. The van der Waals surface area contributed by atoms with Crippen molar-refractivity contribution in [3.8, 4) is 17.2 Å². The molecule has 240 valence electrons. The molecule has 1 heterocycles. The van der Waals surface area contributed by atoms with Crippen molar-refractivity contribution in [3.05, 3.63) is 174 Å². The number of anilines is 1. The molecule has 5 aromatic carbocycles. The number of para-hydroxylation sites is 2. The van der Waals surface area contributed by atoms with E-state index in [2.05, 4.69) is 123 Å². The Morgan fingerprint density at radius 3 is 1.73 bits per heavy atom. The number of carbonyl (C=O) groups excluding carboxylic acids is 1. The zero-order valence-electron chi connectivity index (χ0n) is 28.0. The second-order valence-corrected chi connectivity index (χ2v) is 17.9. The highest BCUT2D eigenvalue weighted by molar-refractivity contribution is 6.83. The van der Waals surface area contributed by atoms with Gasteiger partial charge < -0.3 is 9.47 Å². The van der Waals surface area contributed by atoms with E-state index >= 15 is 0 Å². The van der Waals surface area contributed by atoms with Crippen LogP contribution in [0.25, 0.3) is 5.57 Å². The molecule has 0 saturated carbocycles. The fourth-order valence-electron chi connectivity index (χ4n) is 6.20. The molecule has 1 aliphatic rings. The van der Waals surface area contributed by atoms with Crippen molar-refractivity contribution < 1.29 is 14.3 Å². The SMILES string of the molecule is C[C@@H](COC(c1ccccc1)(c1ccccc1)c1ccccc1)C1=C[C@H](C#C[Si](C)(C)C)N(C(=O)Oc2ccccc2)c2ccccc21. The quantitative estimate of drug-likeness (QED) is 0.0956. The zero-order valence-corrected chi connectivity index (χ0v) is 29.0. The van der Waals surface area contributed by atoms with Crippen LogP contribution in [0.4, 0.5) is 10.5 Å². The molecule has 0 aromatic heterocycles. The second-order valence-electron chi connectivity index (χ2n) is 13.1. The van der Waals surface area contributed by atoms with Crippen LogP contribution in [0.2, 0.25) is 19.6 Å². The van der Waals surface area contributed by atoms with Crippen LogP contribution in [-0.2, 0) is 10.3 Å². The maximum Gasteiger partial charge on any atom is 0.421 e. The Hall–Kier alpha value is -5.15. The van der Waals surface area contributed by atoms with Gasteiger partial charge in [0.1, 0.15) is 25.5 Å². The Bertz CT molecular complexity index is 1830. The number of ether oxygens (including phenoxy) is 2. The Kier molecular flexibility index (Phi) is 9.77. The van der Waals surface area contributed by atoms with Crippen molar-refractivity contribution in [2.45, 2.75) is 38.2 Å². The topological polar surface area (TPSA) is 38.8 Å². The lowest BCUT2D eigenvalue weighted by atomic mass is 9.79. The van der Waals surface area contributed by atoms with Gasteiger partial charge in [0, 0.05) is 11.5 Å². The van der Waals surface area contributed by atoms with Crippen molar-refractivity contribution in [3.63, 3.8) is 0 Å². The number of hydrogen-bond acceptors (Lipinski definition) is 3. The van der Waals surface area contributed by atoms with Crippen molar-refractivity contribution in [1.29, 1.82) is 0 Å². The Morgan fingerprint density at radius 2 is 1.21 bits per heavy atom. The molecule has 1 aliphatic heterocycles. The number of amides is 1. The van der Waals surface area contributed by atoms with Crippen molar-refractivity contribution in [2.75, 3.05) is 11.5 Å². The molecule has 6 rings (SSSR count). The molecular formula is C43H41NO3Si. The molecule has 0 N–H and O–H groups in total. The van der Waals surface area contributed by atoms with Gasteiger partial charge in [-0.25, -0.2) is 4.79 Å². The number of benzene rings is 5. The van der Waals surface area contributed by atoms with Gasteiger partial charge in [-0.05, 0) is 46.5 Å². The summed E-state index contributed by atoms with van der Waals surface area (Å²) >= 11 is 0. The summed E-state index contributed by atoms with van der Waals surface area (Å²) in [5, 5.41) is 0. The van der Waals surface area contributed by atoms with Crippen LogP contribution in [0.15, 0.2) is 152 Å². The van der Waals surface area contributed by atoms with Gasteiger partial charge in [-0.3, -0.25) is 4.90 Å². The monoisotopic (exact) mass is 647 g/mol. The first-order valence-electron chi connectivity index (χ1n) is 16.5. The first-order chi connectivity index (χ1) is 23.3. The summed E-state index contributed by atoms with van der Waals surface area (Å²) in [6.45, 7) is 9.24. The van der Waals surface area contributed by atoms with Crippen LogP contribution >= 0.6 is 0 Å². The molecule has 5 aromatic rings. The van der Waals surface area contributed by atoms with E-state index in [4.69, 9.17) is 9.47 Å². The number of carbonyl (C=O) groups is 1. The minimum absolute atomic E-state index is 0.0369. The molecule has 4 nitrogen and oxygen atoms in total. The molecule has 0 fully saturated rings. The maximum atomic E-state index is 13.9. The Labute approximate surface area is 285 Å². The van der Waals surface area contributed by atoms with Gasteiger partial charge in [0.05, 0.1) is 12.3 Å². The van der Waals surface area contributed by atoms with E-state index in [1.165, 1.54) is 0 Å². The fourth-order valence-corrected chi connectivity index (χ4v) is 6.78. The van der Waals surface area contributed by atoms with Crippen LogP contribution in [0.3, 0.4) is 0 Å². The first-order valence-corrected chi connectivity index (χ1v) is 20.0. The minimum atomic E-state index is -1.77. The van der Waals surface area contributed by atoms with Crippen LogP contribution < -0.4 is 9.64 Å². The maximum absolute atomic E-state index is 13.9. The minimum Gasteiger partial charge on any atom is -0.410 e. The lowest BCUT2D eigenvalue weighted by Crippen LogP contribution is -2.44. The molecule has 0 aliphatic carbocycles. The summed E-state index contributed by atoms with van der Waals surface area (Å²) in [5.74, 6) is 3.93. The van der Waals surface area contributed by atoms with Gasteiger partial charge in [0.25, 0.3) is 0 Å². The third-order valence-corrected chi connectivity index (χ3v) is 9.35. The van der Waals surface area contributed by atoms with Gasteiger partial charge in [-0.2, -0.15) is 0 Å². The summed E-state index contributed by atoms with van der Waals surface area (Å²) in [6.07, 6.45) is 1.67. The molecule has 5 heteroatoms. The van der Waals surface area contributed by atoms with Crippen molar-refractivity contribution >= 4 is 25.4 Å². The van der Waals surface area contributed by atoms with Crippen LogP contribution in [0, 0.1) is 17.4 Å². The van der Waals surface area contributed by atoms with Gasteiger partial charge in [-0.15, -0.1) is 5.54 Å². The van der Waals surface area contributed by atoms with Gasteiger partial charge in [0.15, 0.2) is 0 Å². The number of rotatable bonds is 8. The number of hydrogen-bond donors (Lipinski definition) is 0. The molecular weight excluding hydrogens is 607 g/mol. The lowest BCUT2D eigenvalue weighted by Gasteiger charge is -2.38. The standard InChI is InChI=1S/C43H41NO3Si/c1-33(32-46-43(34-19-9-5-10-20-34,35-21-11-6-12-22-35)36-23-13-7-14-24-36)40-31-37(29-30-48(2,3)4)44(41-28-18-17-27-39(40)41)42(45)47-38-25-15-8-16-26-38/h5-28,31,33,37H,32H2,1-4H3/t33-,37-/m0/s1. The van der Waals surface area contributed by atoms with Crippen LogP contribution in [0.1, 0.15) is 29.2 Å². The highest BCUT2D eigenvalue weighted by Gasteiger charge is 2.39. The van der Waals surface area contributed by atoms with E-state index in [0.717, 1.165) is 33.5 Å². The predicted octanol–water partition coefficient (Wildman–Crippen LogP) is 9.98. The first kappa shape index (κ1) is 32.8. The summed E-state index contributed by atoms with van der Waals surface area (Å²) in [6, 6.07) is 48.0. The van der Waals surface area contributed by atoms with E-state index in [0.29, 0.717) is 12.4 Å². The second kappa shape index (κ2) is 14.3. The van der Waals surface area contributed by atoms with E-state index in [-0.39, 0.29) is 5.92 Å². The molecule has 0 unspecified atom stereocenters. The average Bonchev–Trinajstić information content (AvgIpc) is 3.12. The summed E-state index contributed by atoms with van der Waals surface area (Å²) < 4.78 is 13.1. The third kappa shape index (κ3) is 7.06. The molecule has 2 atom stereocenters. The lowest BCUT2D eigenvalue weighted by molar-refractivity contribution is 0.00318. The smallest absolute Gasteiger partial charge is 0.410 e. The molecule has 0 spiro atoms. The third-order valence-electron chi connectivity index (χ3n) is 8.45. The van der Waals surface area contributed by atoms with E-state index in [1.54, 1.807) is 17.0 Å². The van der Waals surface area contributed by atoms with E-state index in [1.807, 2.05) is 54.6 Å². The molecule has 0 radical (unpaired) electrons. The van der Waals surface area contributed by atoms with Gasteiger partial charge in [-0.1, -0.05) is 160 Å². The molecule has 1 amide bonds. The van der Waals surface area contributed by atoms with Gasteiger partial charge in [0.2, 0.25) is 0 Å². The normalized spacial score (nSPS) is 15.0. The van der Waals surface area contributed by atoms with E-state index < -0.39 is 25.8 Å². The highest BCUT2D eigenvalue weighted by Crippen LogP contribution is 2.43.